The minimum absolute atomic E-state index is 0.147. The minimum atomic E-state index is 0.147. The van der Waals surface area contributed by atoms with E-state index in [0.29, 0.717) is 31.4 Å². The van der Waals surface area contributed by atoms with Gasteiger partial charge in [0, 0.05) is 32.0 Å². The fraction of sp³-hybridized carbons (Fsp3) is 0.769. The Bertz CT molecular complexity index is 417. The van der Waals surface area contributed by atoms with Gasteiger partial charge in [0.15, 0.2) is 11.8 Å². The van der Waals surface area contributed by atoms with Crippen LogP contribution in [-0.4, -0.2) is 42.4 Å². The molecule has 0 aliphatic rings. The van der Waals surface area contributed by atoms with Crippen LogP contribution in [0.1, 0.15) is 44.8 Å². The van der Waals surface area contributed by atoms with Crippen molar-refractivity contribution in [2.45, 2.75) is 45.6 Å². The van der Waals surface area contributed by atoms with Crippen LogP contribution in [0.4, 0.5) is 0 Å². The summed E-state index contributed by atoms with van der Waals surface area (Å²) in [5.74, 6) is 2.12. The number of hydrogen-bond acceptors (Lipinski definition) is 5. The standard InChI is InChI=1S/C13H25N5O2/c1-9(2)12-17-11(20-18-12)6-5-7-15-13(14)16-10(3)8-19-4/h9-10H,5-8H2,1-4H3,(H3,14,15,16). The van der Waals surface area contributed by atoms with Crippen LogP contribution in [0, 0.1) is 0 Å². The van der Waals surface area contributed by atoms with E-state index in [2.05, 4.69) is 20.4 Å². The van der Waals surface area contributed by atoms with Crippen LogP contribution in [0.25, 0.3) is 0 Å². The van der Waals surface area contributed by atoms with Gasteiger partial charge in [-0.3, -0.25) is 4.99 Å². The summed E-state index contributed by atoms with van der Waals surface area (Å²) in [5.41, 5.74) is 5.76. The fourth-order valence-electron chi connectivity index (χ4n) is 1.62. The van der Waals surface area contributed by atoms with Gasteiger partial charge in [-0.25, -0.2) is 0 Å². The Balaban J connectivity index is 2.26. The number of methoxy groups -OCH3 is 1. The van der Waals surface area contributed by atoms with Gasteiger partial charge >= 0.3 is 0 Å². The van der Waals surface area contributed by atoms with Crippen LogP contribution < -0.4 is 11.1 Å². The van der Waals surface area contributed by atoms with Crippen LogP contribution in [0.3, 0.4) is 0 Å². The zero-order chi connectivity index (χ0) is 15.0. The number of hydrogen-bond donors (Lipinski definition) is 2. The van der Waals surface area contributed by atoms with E-state index in [1.54, 1.807) is 7.11 Å². The molecule has 1 rings (SSSR count). The Morgan fingerprint density at radius 2 is 2.20 bits per heavy atom. The Morgan fingerprint density at radius 3 is 2.80 bits per heavy atom. The van der Waals surface area contributed by atoms with Gasteiger partial charge in [0.2, 0.25) is 5.89 Å². The molecule has 0 aromatic carbocycles. The van der Waals surface area contributed by atoms with Gasteiger partial charge in [0.1, 0.15) is 0 Å². The Labute approximate surface area is 120 Å². The van der Waals surface area contributed by atoms with Gasteiger partial charge in [0.05, 0.1) is 6.61 Å². The highest BCUT2D eigenvalue weighted by molar-refractivity contribution is 5.78. The summed E-state index contributed by atoms with van der Waals surface area (Å²) in [5, 5.41) is 6.97. The van der Waals surface area contributed by atoms with E-state index >= 15 is 0 Å². The molecule has 0 aliphatic carbocycles. The van der Waals surface area contributed by atoms with E-state index in [-0.39, 0.29) is 12.0 Å². The molecule has 7 nitrogen and oxygen atoms in total. The molecule has 0 radical (unpaired) electrons. The average molecular weight is 283 g/mol. The van der Waals surface area contributed by atoms with E-state index in [0.717, 1.165) is 12.2 Å². The first-order valence-electron chi connectivity index (χ1n) is 6.90. The summed E-state index contributed by atoms with van der Waals surface area (Å²) >= 11 is 0. The molecule has 1 aromatic heterocycles. The van der Waals surface area contributed by atoms with E-state index in [1.807, 2.05) is 20.8 Å². The van der Waals surface area contributed by atoms with Crippen molar-refractivity contribution < 1.29 is 9.26 Å². The Hall–Kier alpha value is -1.63. The van der Waals surface area contributed by atoms with Crippen molar-refractivity contribution in [2.24, 2.45) is 10.7 Å². The molecule has 1 aromatic rings. The molecule has 20 heavy (non-hydrogen) atoms. The van der Waals surface area contributed by atoms with Gasteiger partial charge in [-0.05, 0) is 13.3 Å². The van der Waals surface area contributed by atoms with Crippen LogP contribution in [-0.2, 0) is 11.2 Å². The smallest absolute Gasteiger partial charge is 0.226 e. The molecule has 114 valence electrons. The molecule has 0 aliphatic heterocycles. The lowest BCUT2D eigenvalue weighted by Gasteiger charge is -2.12. The summed E-state index contributed by atoms with van der Waals surface area (Å²) in [7, 11) is 1.65. The predicted octanol–water partition coefficient (Wildman–Crippen LogP) is 1.06. The zero-order valence-electron chi connectivity index (χ0n) is 12.7. The first kappa shape index (κ1) is 16.4. The topological polar surface area (TPSA) is 98.6 Å². The molecular formula is C13H25N5O2. The molecule has 0 amide bonds. The predicted molar refractivity (Wildman–Crippen MR) is 77.7 cm³/mol. The first-order valence-corrected chi connectivity index (χ1v) is 6.90. The highest BCUT2D eigenvalue weighted by Crippen LogP contribution is 2.10. The summed E-state index contributed by atoms with van der Waals surface area (Å²) < 4.78 is 10.2. The second-order valence-corrected chi connectivity index (χ2v) is 5.07. The normalized spacial score (nSPS) is 13.8. The number of nitrogens with one attached hydrogen (secondary N) is 1. The van der Waals surface area contributed by atoms with Crippen molar-refractivity contribution in [3.05, 3.63) is 11.7 Å². The van der Waals surface area contributed by atoms with Crippen molar-refractivity contribution in [3.8, 4) is 0 Å². The van der Waals surface area contributed by atoms with Crippen LogP contribution >= 0.6 is 0 Å². The monoisotopic (exact) mass is 283 g/mol. The number of aromatic nitrogens is 2. The van der Waals surface area contributed by atoms with Crippen molar-refractivity contribution in [1.82, 2.24) is 15.5 Å². The maximum absolute atomic E-state index is 5.76. The van der Waals surface area contributed by atoms with Crippen molar-refractivity contribution in [3.63, 3.8) is 0 Å². The lowest BCUT2D eigenvalue weighted by atomic mass is 10.2. The number of nitrogens with two attached hydrogens (primary N) is 1. The molecule has 1 unspecified atom stereocenters. The molecule has 0 fully saturated rings. The Morgan fingerprint density at radius 1 is 1.45 bits per heavy atom. The van der Waals surface area contributed by atoms with E-state index < -0.39 is 0 Å². The summed E-state index contributed by atoms with van der Waals surface area (Å²) in [6, 6.07) is 0.147. The quantitative estimate of drug-likeness (QED) is 0.420. The third kappa shape index (κ3) is 6.01. The second kappa shape index (κ2) is 8.52. The molecule has 1 heterocycles. The first-order chi connectivity index (χ1) is 9.52. The van der Waals surface area contributed by atoms with Crippen molar-refractivity contribution in [2.75, 3.05) is 20.3 Å². The largest absolute Gasteiger partial charge is 0.383 e. The highest BCUT2D eigenvalue weighted by Gasteiger charge is 2.08. The van der Waals surface area contributed by atoms with Gasteiger partial charge in [-0.2, -0.15) is 4.98 Å². The highest BCUT2D eigenvalue weighted by atomic mass is 16.5. The number of guanidine groups is 1. The second-order valence-electron chi connectivity index (χ2n) is 5.07. The molecule has 0 spiro atoms. The third-order valence-electron chi connectivity index (χ3n) is 2.64. The van der Waals surface area contributed by atoms with E-state index in [1.165, 1.54) is 0 Å². The average Bonchev–Trinajstić information content (AvgIpc) is 2.83. The molecule has 0 bridgehead atoms. The van der Waals surface area contributed by atoms with Gasteiger partial charge in [0.25, 0.3) is 0 Å². The van der Waals surface area contributed by atoms with E-state index in [9.17, 15) is 0 Å². The molecule has 0 saturated carbocycles. The van der Waals surface area contributed by atoms with Gasteiger partial charge in [-0.15, -0.1) is 0 Å². The fourth-order valence-corrected chi connectivity index (χ4v) is 1.62. The lowest BCUT2D eigenvalue weighted by molar-refractivity contribution is 0.179. The van der Waals surface area contributed by atoms with Gasteiger partial charge < -0.3 is 20.3 Å². The van der Waals surface area contributed by atoms with E-state index in [4.69, 9.17) is 15.0 Å². The maximum Gasteiger partial charge on any atom is 0.226 e. The van der Waals surface area contributed by atoms with Gasteiger partial charge in [-0.1, -0.05) is 19.0 Å². The van der Waals surface area contributed by atoms with Crippen molar-refractivity contribution >= 4 is 5.96 Å². The van der Waals surface area contributed by atoms with Crippen LogP contribution in [0.15, 0.2) is 9.52 Å². The number of aryl methyl sites for hydroxylation is 1. The summed E-state index contributed by atoms with van der Waals surface area (Å²) in [4.78, 5) is 8.55. The Kier molecular flexibility index (Phi) is 7.00. The summed E-state index contributed by atoms with van der Waals surface area (Å²) in [6.45, 7) is 7.27. The van der Waals surface area contributed by atoms with Crippen molar-refractivity contribution in [1.29, 1.82) is 0 Å². The summed E-state index contributed by atoms with van der Waals surface area (Å²) in [6.07, 6.45) is 1.53. The van der Waals surface area contributed by atoms with Crippen LogP contribution in [0.2, 0.25) is 0 Å². The molecular weight excluding hydrogens is 258 g/mol. The third-order valence-corrected chi connectivity index (χ3v) is 2.64. The maximum atomic E-state index is 5.76. The molecule has 1 atom stereocenters. The SMILES string of the molecule is COCC(C)NC(N)=NCCCc1nc(C(C)C)no1. The number of ether oxygens (including phenoxy) is 1. The zero-order valence-corrected chi connectivity index (χ0v) is 12.7. The number of aliphatic imine (C=N–C) groups is 1. The number of rotatable bonds is 8. The molecule has 7 heteroatoms. The molecule has 0 saturated heterocycles. The molecule has 3 N–H and O–H groups in total. The lowest BCUT2D eigenvalue weighted by Crippen LogP contribution is -2.40. The number of nitrogens with zero attached hydrogens (tertiary/aromatic N) is 3. The van der Waals surface area contributed by atoms with Crippen LogP contribution in [0.5, 0.6) is 0 Å². The minimum Gasteiger partial charge on any atom is -0.383 e.